The standard InChI is InChI=1S/C14H11F2NO/c1-8-5-9(7-10(15)6-8)14(18)11-3-2-4-12(16)13(11)17/h2-7H,17H2,1H3. The second kappa shape index (κ2) is 4.56. The zero-order valence-corrected chi connectivity index (χ0v) is 9.71. The van der Waals surface area contributed by atoms with Crippen molar-refractivity contribution in [2.75, 3.05) is 5.73 Å². The molecule has 2 aromatic carbocycles. The van der Waals surface area contributed by atoms with Crippen molar-refractivity contribution in [2.24, 2.45) is 0 Å². The molecule has 18 heavy (non-hydrogen) atoms. The Morgan fingerprint density at radius 1 is 1.17 bits per heavy atom. The number of rotatable bonds is 2. The van der Waals surface area contributed by atoms with E-state index in [0.717, 1.165) is 6.07 Å². The Morgan fingerprint density at radius 3 is 2.56 bits per heavy atom. The van der Waals surface area contributed by atoms with E-state index >= 15 is 0 Å². The molecule has 2 N–H and O–H groups in total. The van der Waals surface area contributed by atoms with Crippen LogP contribution in [0, 0.1) is 18.6 Å². The molecular weight excluding hydrogens is 236 g/mol. The van der Waals surface area contributed by atoms with Crippen LogP contribution in [0.3, 0.4) is 0 Å². The molecule has 0 fully saturated rings. The Bertz CT molecular complexity index is 603. The molecule has 0 atom stereocenters. The third kappa shape index (κ3) is 2.22. The van der Waals surface area contributed by atoms with Crippen molar-refractivity contribution in [2.45, 2.75) is 6.92 Å². The van der Waals surface area contributed by atoms with Crippen LogP contribution in [0.2, 0.25) is 0 Å². The van der Waals surface area contributed by atoms with Gasteiger partial charge < -0.3 is 5.73 Å². The van der Waals surface area contributed by atoms with Crippen LogP contribution in [-0.2, 0) is 0 Å². The van der Waals surface area contributed by atoms with Crippen LogP contribution in [0.15, 0.2) is 36.4 Å². The quantitative estimate of drug-likeness (QED) is 0.654. The van der Waals surface area contributed by atoms with Crippen molar-refractivity contribution in [3.63, 3.8) is 0 Å². The van der Waals surface area contributed by atoms with Gasteiger partial charge in [0.2, 0.25) is 0 Å². The first kappa shape index (κ1) is 12.2. The first-order valence-electron chi connectivity index (χ1n) is 5.35. The highest BCUT2D eigenvalue weighted by molar-refractivity contribution is 6.12. The number of halogens is 2. The topological polar surface area (TPSA) is 43.1 Å². The summed E-state index contributed by atoms with van der Waals surface area (Å²) < 4.78 is 26.5. The maximum Gasteiger partial charge on any atom is 0.195 e. The van der Waals surface area contributed by atoms with Crippen LogP contribution in [0.4, 0.5) is 14.5 Å². The molecule has 2 rings (SSSR count). The summed E-state index contributed by atoms with van der Waals surface area (Å²) in [5.74, 6) is -1.66. The van der Waals surface area contributed by atoms with E-state index in [0.29, 0.717) is 5.56 Å². The minimum Gasteiger partial charge on any atom is -0.396 e. The highest BCUT2D eigenvalue weighted by Crippen LogP contribution is 2.20. The van der Waals surface area contributed by atoms with Crippen molar-refractivity contribution in [1.82, 2.24) is 0 Å². The van der Waals surface area contributed by atoms with E-state index < -0.39 is 17.4 Å². The summed E-state index contributed by atoms with van der Waals surface area (Å²) in [6.45, 7) is 1.68. The van der Waals surface area contributed by atoms with E-state index in [4.69, 9.17) is 5.73 Å². The second-order valence-corrected chi connectivity index (χ2v) is 4.05. The molecule has 0 bridgehead atoms. The Hall–Kier alpha value is -2.23. The highest BCUT2D eigenvalue weighted by Gasteiger charge is 2.15. The first-order chi connectivity index (χ1) is 8.49. The van der Waals surface area contributed by atoms with Crippen LogP contribution >= 0.6 is 0 Å². The number of benzene rings is 2. The lowest BCUT2D eigenvalue weighted by molar-refractivity contribution is 0.103. The van der Waals surface area contributed by atoms with Crippen LogP contribution in [0.5, 0.6) is 0 Å². The van der Waals surface area contributed by atoms with Crippen LogP contribution in [0.1, 0.15) is 21.5 Å². The number of nitrogen functional groups attached to an aromatic ring is 1. The molecule has 0 aromatic heterocycles. The molecule has 4 heteroatoms. The number of carbonyl (C=O) groups is 1. The smallest absolute Gasteiger partial charge is 0.195 e. The summed E-state index contributed by atoms with van der Waals surface area (Å²) in [4.78, 5) is 12.1. The van der Waals surface area contributed by atoms with Gasteiger partial charge in [0.15, 0.2) is 5.78 Å². The van der Waals surface area contributed by atoms with Crippen molar-refractivity contribution < 1.29 is 13.6 Å². The van der Waals surface area contributed by atoms with E-state index in [1.807, 2.05) is 0 Å². The van der Waals surface area contributed by atoms with Gasteiger partial charge in [-0.1, -0.05) is 6.07 Å². The molecule has 0 amide bonds. The van der Waals surface area contributed by atoms with E-state index in [1.54, 1.807) is 6.92 Å². The predicted octanol–water partition coefficient (Wildman–Crippen LogP) is 3.09. The van der Waals surface area contributed by atoms with Gasteiger partial charge in [-0.15, -0.1) is 0 Å². The number of hydrogen-bond acceptors (Lipinski definition) is 2. The molecule has 0 aliphatic rings. The van der Waals surface area contributed by atoms with Crippen molar-refractivity contribution in [1.29, 1.82) is 0 Å². The van der Waals surface area contributed by atoms with Crippen LogP contribution < -0.4 is 5.73 Å². The molecule has 0 saturated heterocycles. The SMILES string of the molecule is Cc1cc(F)cc(C(=O)c2cccc(F)c2N)c1. The predicted molar refractivity (Wildman–Crippen MR) is 65.4 cm³/mol. The van der Waals surface area contributed by atoms with Crippen LogP contribution in [-0.4, -0.2) is 5.78 Å². The third-order valence-electron chi connectivity index (χ3n) is 2.60. The van der Waals surface area contributed by atoms with E-state index in [2.05, 4.69) is 0 Å². The number of nitrogens with two attached hydrogens (primary N) is 1. The fourth-order valence-electron chi connectivity index (χ4n) is 1.76. The fourth-order valence-corrected chi connectivity index (χ4v) is 1.76. The lowest BCUT2D eigenvalue weighted by Crippen LogP contribution is -2.07. The van der Waals surface area contributed by atoms with Crippen molar-refractivity contribution >= 4 is 11.5 Å². The van der Waals surface area contributed by atoms with Gasteiger partial charge in [-0.25, -0.2) is 8.78 Å². The summed E-state index contributed by atoms with van der Waals surface area (Å²) in [7, 11) is 0. The largest absolute Gasteiger partial charge is 0.396 e. The van der Waals surface area contributed by atoms with E-state index in [9.17, 15) is 13.6 Å². The molecule has 0 aliphatic carbocycles. The van der Waals surface area contributed by atoms with Gasteiger partial charge >= 0.3 is 0 Å². The summed E-state index contributed by atoms with van der Waals surface area (Å²) in [5.41, 5.74) is 6.11. The molecular formula is C14H11F2NO. The number of anilines is 1. The Labute approximate surface area is 103 Å². The van der Waals surface area contributed by atoms with Crippen molar-refractivity contribution in [3.8, 4) is 0 Å². The average Bonchev–Trinajstić information content (AvgIpc) is 2.30. The number of hydrogen-bond donors (Lipinski definition) is 1. The second-order valence-electron chi connectivity index (χ2n) is 4.05. The summed E-state index contributed by atoms with van der Waals surface area (Å²) >= 11 is 0. The van der Waals surface area contributed by atoms with E-state index in [-0.39, 0.29) is 16.8 Å². The van der Waals surface area contributed by atoms with Crippen LogP contribution in [0.25, 0.3) is 0 Å². The molecule has 2 nitrogen and oxygen atoms in total. The van der Waals surface area contributed by atoms with Gasteiger partial charge in [0.05, 0.1) is 5.69 Å². The Kier molecular flexibility index (Phi) is 3.10. The molecule has 0 heterocycles. The Balaban J connectivity index is 2.51. The molecule has 0 saturated carbocycles. The zero-order chi connectivity index (χ0) is 13.3. The summed E-state index contributed by atoms with van der Waals surface area (Å²) in [6, 6.07) is 7.94. The molecule has 0 spiro atoms. The molecule has 0 unspecified atom stereocenters. The maximum atomic E-state index is 13.3. The lowest BCUT2D eigenvalue weighted by atomic mass is 10.00. The van der Waals surface area contributed by atoms with Gasteiger partial charge in [-0.05, 0) is 42.8 Å². The molecule has 0 aliphatic heterocycles. The van der Waals surface area contributed by atoms with Gasteiger partial charge in [-0.2, -0.15) is 0 Å². The van der Waals surface area contributed by atoms with Crippen molar-refractivity contribution in [3.05, 3.63) is 64.7 Å². The van der Waals surface area contributed by atoms with Gasteiger partial charge in [0, 0.05) is 11.1 Å². The monoisotopic (exact) mass is 247 g/mol. The first-order valence-corrected chi connectivity index (χ1v) is 5.35. The number of carbonyl (C=O) groups excluding carboxylic acids is 1. The van der Waals surface area contributed by atoms with E-state index in [1.165, 1.54) is 30.3 Å². The summed E-state index contributed by atoms with van der Waals surface area (Å²) in [5, 5.41) is 0. The van der Waals surface area contributed by atoms with Gasteiger partial charge in [0.1, 0.15) is 11.6 Å². The maximum absolute atomic E-state index is 13.3. The minimum absolute atomic E-state index is 0.0417. The normalized spacial score (nSPS) is 10.4. The zero-order valence-electron chi connectivity index (χ0n) is 9.71. The fraction of sp³-hybridized carbons (Fsp3) is 0.0714. The molecule has 92 valence electrons. The molecule has 2 aromatic rings. The molecule has 0 radical (unpaired) electrons. The number of para-hydroxylation sites is 1. The van der Waals surface area contributed by atoms with Gasteiger partial charge in [-0.3, -0.25) is 4.79 Å². The Morgan fingerprint density at radius 2 is 1.89 bits per heavy atom. The summed E-state index contributed by atoms with van der Waals surface area (Å²) in [6.07, 6.45) is 0. The number of ketones is 1. The lowest BCUT2D eigenvalue weighted by Gasteiger charge is -2.06. The average molecular weight is 247 g/mol. The highest BCUT2D eigenvalue weighted by atomic mass is 19.1. The van der Waals surface area contributed by atoms with Gasteiger partial charge in [0.25, 0.3) is 0 Å². The number of aryl methyl sites for hydroxylation is 1. The third-order valence-corrected chi connectivity index (χ3v) is 2.60. The minimum atomic E-state index is -0.658.